The number of nitrogens with zero attached hydrogens (tertiary/aromatic N) is 5. The van der Waals surface area contributed by atoms with Gasteiger partial charge in [0.25, 0.3) is 12.3 Å². The zero-order valence-corrected chi connectivity index (χ0v) is 23.1. The molecule has 0 spiro atoms. The van der Waals surface area contributed by atoms with Crippen molar-refractivity contribution < 1.29 is 50.6 Å². The molecule has 0 radical (unpaired) electrons. The van der Waals surface area contributed by atoms with Crippen LogP contribution < -0.4 is 10.2 Å². The van der Waals surface area contributed by atoms with Crippen LogP contribution in [0, 0.1) is 0 Å². The molecule has 232 valence electrons. The van der Waals surface area contributed by atoms with Crippen LogP contribution in [0.15, 0.2) is 59.5 Å². The van der Waals surface area contributed by atoms with E-state index in [1.54, 1.807) is 0 Å². The molecule has 12 nitrogen and oxygen atoms in total. The molecular formula is C27H23F5N6O6. The molecule has 0 bridgehead atoms. The number of amides is 2. The first-order valence-corrected chi connectivity index (χ1v) is 12.5. The number of aromatic carboxylic acids is 1. The van der Waals surface area contributed by atoms with E-state index in [0.29, 0.717) is 0 Å². The number of rotatable bonds is 8. The van der Waals surface area contributed by atoms with E-state index in [4.69, 9.17) is 14.3 Å². The second kappa shape index (κ2) is 12.1. The number of alkyl halides is 5. The van der Waals surface area contributed by atoms with E-state index < -0.39 is 54.2 Å². The van der Waals surface area contributed by atoms with Crippen molar-refractivity contribution in [2.24, 2.45) is 0 Å². The lowest BCUT2D eigenvalue weighted by atomic mass is 10.2. The molecule has 0 saturated carbocycles. The van der Waals surface area contributed by atoms with Crippen molar-refractivity contribution in [2.45, 2.75) is 39.0 Å². The summed E-state index contributed by atoms with van der Waals surface area (Å²) in [5.41, 5.74) is -2.40. The normalized spacial score (nSPS) is 11.8. The van der Waals surface area contributed by atoms with Crippen molar-refractivity contribution >= 4 is 29.5 Å². The number of hydrogen-bond donors (Lipinski definition) is 2. The number of carboxylic acids is 1. The third kappa shape index (κ3) is 7.73. The SMILES string of the molecule is CC(C)(C)OC(=O)N(CC(F)(F)F)c1cc(-c2nc(C(=O)Nc3cn(-c4ccc(C(=O)O)cc4)nc3C(F)F)co2)ccn1. The maximum Gasteiger partial charge on any atom is 0.416 e. The number of aromatic nitrogens is 4. The summed E-state index contributed by atoms with van der Waals surface area (Å²) >= 11 is 0. The lowest BCUT2D eigenvalue weighted by Gasteiger charge is -2.27. The Hall–Kier alpha value is -5.35. The number of hydrogen-bond acceptors (Lipinski definition) is 8. The smallest absolute Gasteiger partial charge is 0.416 e. The second-order valence-corrected chi connectivity index (χ2v) is 10.1. The number of carbonyl (C=O) groups excluding carboxylic acids is 2. The van der Waals surface area contributed by atoms with Crippen LogP contribution in [0.1, 0.15) is 53.7 Å². The highest BCUT2D eigenvalue weighted by atomic mass is 19.4. The van der Waals surface area contributed by atoms with Crippen molar-refractivity contribution in [1.82, 2.24) is 19.7 Å². The van der Waals surface area contributed by atoms with Gasteiger partial charge in [-0.05, 0) is 57.2 Å². The minimum Gasteiger partial charge on any atom is -0.478 e. The summed E-state index contributed by atoms with van der Waals surface area (Å²) in [7, 11) is 0. The Morgan fingerprint density at radius 1 is 1.11 bits per heavy atom. The van der Waals surface area contributed by atoms with Gasteiger partial charge in [0.15, 0.2) is 11.4 Å². The molecule has 0 saturated heterocycles. The zero-order valence-electron chi connectivity index (χ0n) is 23.1. The second-order valence-electron chi connectivity index (χ2n) is 10.1. The van der Waals surface area contributed by atoms with Gasteiger partial charge in [-0.2, -0.15) is 18.3 Å². The minimum atomic E-state index is -4.80. The van der Waals surface area contributed by atoms with Gasteiger partial charge in [0.2, 0.25) is 5.89 Å². The van der Waals surface area contributed by atoms with E-state index in [1.807, 2.05) is 0 Å². The molecule has 0 fully saturated rings. The topological polar surface area (TPSA) is 153 Å². The Labute approximate surface area is 245 Å². The van der Waals surface area contributed by atoms with E-state index in [1.165, 1.54) is 51.1 Å². The standard InChI is InChI=1S/C27H23F5N6O6/c1-26(2,3)44-25(42)37(13-27(30,31)32)19-10-15(8-9-33-19)23-35-18(12-43-23)22(39)34-17-11-38(36-20(17)21(28)29)16-6-4-14(5-7-16)24(40)41/h4-12,21H,13H2,1-3H3,(H,34,39)(H,40,41). The first-order chi connectivity index (χ1) is 20.5. The Morgan fingerprint density at radius 2 is 1.80 bits per heavy atom. The van der Waals surface area contributed by atoms with Crippen molar-refractivity contribution in [2.75, 3.05) is 16.8 Å². The number of carbonyl (C=O) groups is 3. The van der Waals surface area contributed by atoms with Crippen molar-refractivity contribution in [1.29, 1.82) is 0 Å². The molecule has 44 heavy (non-hydrogen) atoms. The molecule has 17 heteroatoms. The van der Waals surface area contributed by atoms with E-state index in [0.717, 1.165) is 29.4 Å². The molecule has 3 aromatic heterocycles. The average molecular weight is 623 g/mol. The maximum atomic E-state index is 13.7. The lowest BCUT2D eigenvalue weighted by Crippen LogP contribution is -2.42. The highest BCUT2D eigenvalue weighted by molar-refractivity contribution is 6.03. The quantitative estimate of drug-likeness (QED) is 0.222. The van der Waals surface area contributed by atoms with Crippen LogP contribution in [-0.2, 0) is 4.74 Å². The molecule has 3 heterocycles. The highest BCUT2D eigenvalue weighted by Gasteiger charge is 2.37. The number of oxazole rings is 1. The van der Waals surface area contributed by atoms with E-state index in [2.05, 4.69) is 20.4 Å². The van der Waals surface area contributed by atoms with Crippen LogP contribution >= 0.6 is 0 Å². The van der Waals surface area contributed by atoms with Crippen LogP contribution in [0.4, 0.5) is 38.3 Å². The third-order valence-electron chi connectivity index (χ3n) is 5.53. The van der Waals surface area contributed by atoms with Gasteiger partial charge in [-0.1, -0.05) is 0 Å². The van der Waals surface area contributed by atoms with Gasteiger partial charge < -0.3 is 19.6 Å². The van der Waals surface area contributed by atoms with Gasteiger partial charge in [-0.3, -0.25) is 9.69 Å². The van der Waals surface area contributed by atoms with Gasteiger partial charge in [0, 0.05) is 11.8 Å². The molecule has 4 aromatic rings. The molecular weight excluding hydrogens is 599 g/mol. The van der Waals surface area contributed by atoms with Crippen LogP contribution in [0.5, 0.6) is 0 Å². The van der Waals surface area contributed by atoms with Gasteiger partial charge in [0.1, 0.15) is 24.2 Å². The van der Waals surface area contributed by atoms with Gasteiger partial charge in [0.05, 0.1) is 23.1 Å². The number of nitrogens with one attached hydrogen (secondary N) is 1. The summed E-state index contributed by atoms with van der Waals surface area (Å²) < 4.78 is 78.6. The van der Waals surface area contributed by atoms with Crippen LogP contribution in [0.25, 0.3) is 17.1 Å². The van der Waals surface area contributed by atoms with E-state index in [9.17, 15) is 36.3 Å². The molecule has 2 amide bonds. The number of anilines is 2. The zero-order chi connectivity index (χ0) is 32.4. The van der Waals surface area contributed by atoms with Crippen molar-refractivity contribution in [3.05, 3.63) is 72.0 Å². The fraction of sp³-hybridized carbons (Fsp3) is 0.259. The maximum absolute atomic E-state index is 13.7. The van der Waals surface area contributed by atoms with Crippen LogP contribution in [0.3, 0.4) is 0 Å². The first kappa shape index (κ1) is 31.6. The summed E-state index contributed by atoms with van der Waals surface area (Å²) in [6.45, 7) is 2.73. The van der Waals surface area contributed by atoms with E-state index in [-0.39, 0.29) is 39.0 Å². The highest BCUT2D eigenvalue weighted by Crippen LogP contribution is 2.29. The predicted octanol–water partition coefficient (Wildman–Crippen LogP) is 6.11. The van der Waals surface area contributed by atoms with E-state index >= 15 is 0 Å². The van der Waals surface area contributed by atoms with Gasteiger partial charge in [-0.15, -0.1) is 0 Å². The molecule has 0 aliphatic rings. The third-order valence-corrected chi connectivity index (χ3v) is 5.53. The van der Waals surface area contributed by atoms with Gasteiger partial charge >= 0.3 is 18.2 Å². The Balaban J connectivity index is 1.57. The molecule has 0 unspecified atom stereocenters. The van der Waals surface area contributed by atoms with Crippen LogP contribution in [-0.4, -0.2) is 61.1 Å². The predicted molar refractivity (Wildman–Crippen MR) is 143 cm³/mol. The van der Waals surface area contributed by atoms with Crippen LogP contribution in [0.2, 0.25) is 0 Å². The Morgan fingerprint density at radius 3 is 2.39 bits per heavy atom. The molecule has 2 N–H and O–H groups in total. The number of pyridine rings is 1. The fourth-order valence-corrected chi connectivity index (χ4v) is 3.67. The monoisotopic (exact) mass is 622 g/mol. The van der Waals surface area contributed by atoms with Crippen molar-refractivity contribution in [3.63, 3.8) is 0 Å². The number of benzene rings is 1. The molecule has 4 rings (SSSR count). The molecule has 0 aliphatic carbocycles. The number of carboxylic acid groups (broad SMARTS) is 1. The largest absolute Gasteiger partial charge is 0.478 e. The lowest BCUT2D eigenvalue weighted by molar-refractivity contribution is -0.119. The summed E-state index contributed by atoms with van der Waals surface area (Å²) in [6, 6.07) is 7.53. The minimum absolute atomic E-state index is 0.0374. The van der Waals surface area contributed by atoms with Gasteiger partial charge in [-0.25, -0.2) is 33.0 Å². The molecule has 0 aliphatic heterocycles. The summed E-state index contributed by atoms with van der Waals surface area (Å²) in [5, 5.41) is 15.1. The summed E-state index contributed by atoms with van der Waals surface area (Å²) in [5.74, 6) is -2.86. The summed E-state index contributed by atoms with van der Waals surface area (Å²) in [6.07, 6.45) is -6.12. The first-order valence-electron chi connectivity index (χ1n) is 12.5. The van der Waals surface area contributed by atoms with Crippen molar-refractivity contribution in [3.8, 4) is 17.1 Å². The average Bonchev–Trinajstić information content (AvgIpc) is 3.59. The number of ether oxygens (including phenoxy) is 1. The Bertz CT molecular complexity index is 1680. The molecule has 1 aromatic carbocycles. The Kier molecular flexibility index (Phi) is 8.69. The number of halogens is 5. The molecule has 0 atom stereocenters. The fourth-order valence-electron chi connectivity index (χ4n) is 3.67. The summed E-state index contributed by atoms with van der Waals surface area (Å²) in [4.78, 5) is 44.6.